The van der Waals surface area contributed by atoms with E-state index in [0.717, 1.165) is 52.0 Å². The third-order valence-corrected chi connectivity index (χ3v) is 5.84. The Morgan fingerprint density at radius 2 is 2.11 bits per heavy atom. The van der Waals surface area contributed by atoms with Gasteiger partial charge in [0.2, 0.25) is 0 Å². The van der Waals surface area contributed by atoms with Gasteiger partial charge in [-0.05, 0) is 50.3 Å². The van der Waals surface area contributed by atoms with E-state index in [0.29, 0.717) is 12.5 Å². The lowest BCUT2D eigenvalue weighted by Crippen LogP contribution is -2.47. The molecule has 27 heavy (non-hydrogen) atoms. The van der Waals surface area contributed by atoms with E-state index in [2.05, 4.69) is 46.8 Å². The minimum absolute atomic E-state index is 0.0388. The molecule has 0 spiro atoms. The van der Waals surface area contributed by atoms with Gasteiger partial charge in [-0.1, -0.05) is 18.2 Å². The Morgan fingerprint density at radius 1 is 1.30 bits per heavy atom. The molecule has 3 heterocycles. The summed E-state index contributed by atoms with van der Waals surface area (Å²) in [5.41, 5.74) is 3.91. The molecule has 0 aliphatic carbocycles. The number of benzene rings is 1. The van der Waals surface area contributed by atoms with Crippen LogP contribution in [0.5, 0.6) is 0 Å². The highest BCUT2D eigenvalue weighted by atomic mass is 16.5. The first-order valence-electron chi connectivity index (χ1n) is 10.1. The molecule has 6 nitrogen and oxygen atoms in total. The van der Waals surface area contributed by atoms with Crippen molar-refractivity contribution in [3.05, 3.63) is 35.5 Å². The van der Waals surface area contributed by atoms with Crippen LogP contribution in [0.4, 0.5) is 4.79 Å². The molecule has 1 aromatic carbocycles. The molecule has 1 unspecified atom stereocenters. The summed E-state index contributed by atoms with van der Waals surface area (Å²) < 4.78 is 5.76. The minimum Gasteiger partial charge on any atom is -0.375 e. The average Bonchev–Trinajstić information content (AvgIpc) is 2.84. The van der Waals surface area contributed by atoms with Crippen LogP contribution in [-0.2, 0) is 4.74 Å². The van der Waals surface area contributed by atoms with Gasteiger partial charge in [0.1, 0.15) is 0 Å². The first-order chi connectivity index (χ1) is 13.2. The number of hydrogen-bond donors (Lipinski definition) is 3. The third-order valence-electron chi connectivity index (χ3n) is 5.84. The zero-order valence-corrected chi connectivity index (χ0v) is 16.1. The molecule has 3 N–H and O–H groups in total. The number of piperidine rings is 1. The number of carbonyl (C=O) groups is 1. The maximum absolute atomic E-state index is 12.5. The van der Waals surface area contributed by atoms with Crippen molar-refractivity contribution in [2.24, 2.45) is 0 Å². The summed E-state index contributed by atoms with van der Waals surface area (Å²) in [5, 5.41) is 7.73. The van der Waals surface area contributed by atoms with Crippen LogP contribution < -0.4 is 10.6 Å². The molecule has 146 valence electrons. The van der Waals surface area contributed by atoms with E-state index in [9.17, 15) is 4.79 Å². The molecule has 1 atom stereocenters. The van der Waals surface area contributed by atoms with Crippen molar-refractivity contribution in [1.29, 1.82) is 0 Å². The summed E-state index contributed by atoms with van der Waals surface area (Å²) in [4.78, 5) is 18.0. The number of fused-ring (bicyclic) bond motifs is 1. The number of aromatic amines is 1. The molecule has 2 aromatic rings. The molecule has 2 aliphatic rings. The molecule has 4 rings (SSSR count). The van der Waals surface area contributed by atoms with Crippen LogP contribution in [0.1, 0.15) is 36.4 Å². The van der Waals surface area contributed by atoms with Crippen molar-refractivity contribution in [2.45, 2.75) is 38.2 Å². The van der Waals surface area contributed by atoms with Crippen molar-refractivity contribution in [1.82, 2.24) is 20.5 Å². The van der Waals surface area contributed by atoms with E-state index in [1.807, 2.05) is 4.90 Å². The number of ether oxygens (including phenoxy) is 1. The van der Waals surface area contributed by atoms with Crippen molar-refractivity contribution in [3.8, 4) is 0 Å². The van der Waals surface area contributed by atoms with Gasteiger partial charge in [-0.25, -0.2) is 4.79 Å². The molecule has 0 radical (unpaired) electrons. The number of nitrogens with one attached hydrogen (secondary N) is 3. The number of likely N-dealkylation sites (tertiary alicyclic amines) is 1. The number of nitrogens with zero attached hydrogens (tertiary/aromatic N) is 1. The average molecular weight is 370 g/mol. The summed E-state index contributed by atoms with van der Waals surface area (Å²) in [6.07, 6.45) is 3.13. The predicted octanol–water partition coefficient (Wildman–Crippen LogP) is 2.74. The van der Waals surface area contributed by atoms with Crippen LogP contribution in [-0.4, -0.2) is 61.3 Å². The van der Waals surface area contributed by atoms with E-state index < -0.39 is 0 Å². The van der Waals surface area contributed by atoms with Gasteiger partial charge >= 0.3 is 6.03 Å². The fourth-order valence-electron chi connectivity index (χ4n) is 4.41. The molecule has 2 saturated heterocycles. The number of carbonyl (C=O) groups excluding carboxylic acids is 1. The second kappa shape index (κ2) is 8.31. The number of aryl methyl sites for hydroxylation is 1. The largest absolute Gasteiger partial charge is 0.375 e. The van der Waals surface area contributed by atoms with Crippen LogP contribution in [0.25, 0.3) is 10.9 Å². The Kier molecular flexibility index (Phi) is 5.64. The second-order valence-electron chi connectivity index (χ2n) is 7.71. The molecular formula is C21H30N4O2. The number of aromatic nitrogens is 1. The Bertz CT molecular complexity index is 772. The van der Waals surface area contributed by atoms with Gasteiger partial charge < -0.3 is 25.3 Å². The lowest BCUT2D eigenvalue weighted by molar-refractivity contribution is 0.0668. The molecular weight excluding hydrogens is 340 g/mol. The Labute approximate surface area is 160 Å². The zero-order valence-electron chi connectivity index (χ0n) is 16.1. The highest BCUT2D eigenvalue weighted by Crippen LogP contribution is 2.35. The van der Waals surface area contributed by atoms with Gasteiger partial charge in [0.05, 0.1) is 6.10 Å². The van der Waals surface area contributed by atoms with Crippen molar-refractivity contribution < 1.29 is 9.53 Å². The van der Waals surface area contributed by atoms with E-state index in [4.69, 9.17) is 4.74 Å². The summed E-state index contributed by atoms with van der Waals surface area (Å²) in [6.45, 7) is 6.91. The number of para-hydroxylation sites is 1. The summed E-state index contributed by atoms with van der Waals surface area (Å²) in [5.74, 6) is 0.514. The number of amides is 2. The summed E-state index contributed by atoms with van der Waals surface area (Å²) >= 11 is 0. The third kappa shape index (κ3) is 4.12. The number of H-pyrrole nitrogens is 1. The van der Waals surface area contributed by atoms with Crippen LogP contribution in [0.2, 0.25) is 0 Å². The van der Waals surface area contributed by atoms with Crippen molar-refractivity contribution >= 4 is 16.9 Å². The van der Waals surface area contributed by atoms with Crippen LogP contribution >= 0.6 is 0 Å². The fourth-order valence-corrected chi connectivity index (χ4v) is 4.41. The van der Waals surface area contributed by atoms with Crippen LogP contribution in [0, 0.1) is 6.92 Å². The van der Waals surface area contributed by atoms with Crippen molar-refractivity contribution in [3.63, 3.8) is 0 Å². The molecule has 6 heteroatoms. The highest BCUT2D eigenvalue weighted by molar-refractivity contribution is 5.85. The Balaban J connectivity index is 1.31. The lowest BCUT2D eigenvalue weighted by atomic mass is 9.87. The van der Waals surface area contributed by atoms with Crippen LogP contribution in [0.3, 0.4) is 0 Å². The Hall–Kier alpha value is -2.05. The lowest BCUT2D eigenvalue weighted by Gasteiger charge is -2.32. The van der Waals surface area contributed by atoms with Gasteiger partial charge in [0.15, 0.2) is 0 Å². The van der Waals surface area contributed by atoms with Gasteiger partial charge in [0, 0.05) is 49.4 Å². The molecule has 2 amide bonds. The molecule has 2 aliphatic heterocycles. The van der Waals surface area contributed by atoms with E-state index in [-0.39, 0.29) is 12.1 Å². The maximum Gasteiger partial charge on any atom is 0.317 e. The van der Waals surface area contributed by atoms with E-state index in [1.165, 1.54) is 22.2 Å². The van der Waals surface area contributed by atoms with Gasteiger partial charge in [-0.2, -0.15) is 0 Å². The SMILES string of the molecule is Cc1[nH]c2ccccc2c1C1CCN(C(=O)NCC2CNCCCO2)CC1. The Morgan fingerprint density at radius 3 is 2.96 bits per heavy atom. The molecule has 2 fully saturated rings. The van der Waals surface area contributed by atoms with Gasteiger partial charge in [-0.3, -0.25) is 0 Å². The second-order valence-corrected chi connectivity index (χ2v) is 7.71. The first-order valence-corrected chi connectivity index (χ1v) is 10.1. The molecule has 0 bridgehead atoms. The van der Waals surface area contributed by atoms with Crippen molar-refractivity contribution in [2.75, 3.05) is 39.3 Å². The van der Waals surface area contributed by atoms with Crippen LogP contribution in [0.15, 0.2) is 24.3 Å². The number of rotatable bonds is 3. The normalized spacial score (nSPS) is 22.0. The molecule has 1 aromatic heterocycles. The quantitative estimate of drug-likeness (QED) is 0.778. The van der Waals surface area contributed by atoms with Gasteiger partial charge in [0.25, 0.3) is 0 Å². The number of urea groups is 1. The summed E-state index contributed by atoms with van der Waals surface area (Å²) in [6, 6.07) is 8.55. The topological polar surface area (TPSA) is 69.4 Å². The highest BCUT2D eigenvalue weighted by Gasteiger charge is 2.27. The van der Waals surface area contributed by atoms with Gasteiger partial charge in [-0.15, -0.1) is 0 Å². The smallest absolute Gasteiger partial charge is 0.317 e. The fraction of sp³-hybridized carbons (Fsp3) is 0.571. The number of hydrogen-bond acceptors (Lipinski definition) is 3. The summed E-state index contributed by atoms with van der Waals surface area (Å²) in [7, 11) is 0. The maximum atomic E-state index is 12.5. The minimum atomic E-state index is 0.0388. The standard InChI is InChI=1S/C21H30N4O2/c1-15-20(18-5-2-3-6-19(18)24-15)16-7-10-25(11-8-16)21(26)23-14-17-13-22-9-4-12-27-17/h2-3,5-6,16-17,22,24H,4,7-14H2,1H3,(H,23,26). The van der Waals surface area contributed by atoms with E-state index >= 15 is 0 Å². The van der Waals surface area contributed by atoms with E-state index in [1.54, 1.807) is 0 Å². The predicted molar refractivity (Wildman–Crippen MR) is 107 cm³/mol. The molecule has 0 saturated carbocycles. The zero-order chi connectivity index (χ0) is 18.6. The monoisotopic (exact) mass is 370 g/mol. The first kappa shape index (κ1) is 18.3.